The van der Waals surface area contributed by atoms with Gasteiger partial charge in [0.2, 0.25) is 0 Å². The Bertz CT molecular complexity index is 498. The summed E-state index contributed by atoms with van der Waals surface area (Å²) in [5, 5.41) is 0. The predicted molar refractivity (Wildman–Crippen MR) is 92.5 cm³/mol. The summed E-state index contributed by atoms with van der Waals surface area (Å²) in [5.74, 6) is 0.453. The fourth-order valence-corrected chi connectivity index (χ4v) is 2.51. The molecule has 0 atom stereocenters. The molecule has 0 heterocycles. The van der Waals surface area contributed by atoms with Crippen LogP contribution in [0.1, 0.15) is 71.6 Å². The molecule has 0 amide bonds. The molecule has 3 nitrogen and oxygen atoms in total. The van der Waals surface area contributed by atoms with Crippen molar-refractivity contribution >= 4 is 5.97 Å². The SMILES string of the molecule is CC(=O)Oc1c(C(C)(C)C)cc(CCCN)cc1C(C)(C)C. The van der Waals surface area contributed by atoms with Crippen molar-refractivity contribution in [2.24, 2.45) is 5.73 Å². The van der Waals surface area contributed by atoms with Crippen molar-refractivity contribution < 1.29 is 9.53 Å². The number of benzene rings is 1. The van der Waals surface area contributed by atoms with Crippen LogP contribution in [0.3, 0.4) is 0 Å². The highest BCUT2D eigenvalue weighted by Crippen LogP contribution is 2.41. The summed E-state index contributed by atoms with van der Waals surface area (Å²) < 4.78 is 5.63. The Morgan fingerprint density at radius 3 is 1.82 bits per heavy atom. The highest BCUT2D eigenvalue weighted by atomic mass is 16.5. The third-order valence-corrected chi connectivity index (χ3v) is 3.68. The molecule has 124 valence electrons. The van der Waals surface area contributed by atoms with Crippen LogP contribution in [0.5, 0.6) is 5.75 Å². The number of aryl methyl sites for hydroxylation is 1. The summed E-state index contributed by atoms with van der Waals surface area (Å²) in [6.45, 7) is 15.0. The number of rotatable bonds is 4. The lowest BCUT2D eigenvalue weighted by Crippen LogP contribution is -2.21. The third kappa shape index (κ3) is 4.84. The fraction of sp³-hybridized carbons (Fsp3) is 0.632. The summed E-state index contributed by atoms with van der Waals surface area (Å²) in [7, 11) is 0. The number of esters is 1. The number of hydrogen-bond acceptors (Lipinski definition) is 3. The predicted octanol–water partition coefficient (Wildman–Crippen LogP) is 4.10. The quantitative estimate of drug-likeness (QED) is 0.673. The monoisotopic (exact) mass is 305 g/mol. The Labute approximate surface area is 135 Å². The number of carbonyl (C=O) groups is 1. The second kappa shape index (κ2) is 6.82. The molecule has 0 saturated carbocycles. The maximum absolute atomic E-state index is 11.6. The lowest BCUT2D eigenvalue weighted by molar-refractivity contribution is -0.132. The van der Waals surface area contributed by atoms with Crippen LogP contribution in [0.4, 0.5) is 0 Å². The van der Waals surface area contributed by atoms with Gasteiger partial charge in [-0.3, -0.25) is 4.79 Å². The molecule has 0 spiro atoms. The number of hydrogen-bond donors (Lipinski definition) is 1. The van der Waals surface area contributed by atoms with Crippen molar-refractivity contribution in [2.45, 2.75) is 72.1 Å². The summed E-state index contributed by atoms with van der Waals surface area (Å²) >= 11 is 0. The van der Waals surface area contributed by atoms with E-state index < -0.39 is 0 Å². The van der Waals surface area contributed by atoms with E-state index in [1.807, 2.05) is 0 Å². The van der Waals surface area contributed by atoms with Crippen LogP contribution in [-0.4, -0.2) is 12.5 Å². The van der Waals surface area contributed by atoms with Gasteiger partial charge in [0.1, 0.15) is 5.75 Å². The first-order valence-electron chi connectivity index (χ1n) is 8.03. The molecular formula is C19H31NO2. The largest absolute Gasteiger partial charge is 0.426 e. The van der Waals surface area contributed by atoms with Crippen LogP contribution in [0, 0.1) is 0 Å². The molecule has 0 aliphatic carbocycles. The Morgan fingerprint density at radius 1 is 1.05 bits per heavy atom. The molecule has 0 radical (unpaired) electrons. The average molecular weight is 305 g/mol. The molecule has 0 aromatic heterocycles. The van der Waals surface area contributed by atoms with Gasteiger partial charge in [-0.05, 0) is 35.8 Å². The van der Waals surface area contributed by atoms with E-state index in [0.29, 0.717) is 6.54 Å². The molecule has 3 heteroatoms. The highest BCUT2D eigenvalue weighted by molar-refractivity contribution is 5.71. The summed E-state index contributed by atoms with van der Waals surface area (Å²) in [6, 6.07) is 4.34. The molecule has 0 bridgehead atoms. The normalized spacial score (nSPS) is 12.4. The minimum atomic E-state index is -0.272. The van der Waals surface area contributed by atoms with Crippen LogP contribution in [0.2, 0.25) is 0 Å². The molecule has 0 fully saturated rings. The van der Waals surface area contributed by atoms with Crippen LogP contribution in [0.15, 0.2) is 12.1 Å². The van der Waals surface area contributed by atoms with E-state index in [1.54, 1.807) is 0 Å². The molecule has 0 aliphatic heterocycles. The van der Waals surface area contributed by atoms with E-state index >= 15 is 0 Å². The number of carbonyl (C=O) groups excluding carboxylic acids is 1. The van der Waals surface area contributed by atoms with Gasteiger partial charge >= 0.3 is 5.97 Å². The maximum Gasteiger partial charge on any atom is 0.308 e. The van der Waals surface area contributed by atoms with Crippen LogP contribution in [0.25, 0.3) is 0 Å². The Morgan fingerprint density at radius 2 is 1.50 bits per heavy atom. The molecule has 0 saturated heterocycles. The minimum Gasteiger partial charge on any atom is -0.426 e. The van der Waals surface area contributed by atoms with Crippen molar-refractivity contribution in [3.05, 3.63) is 28.8 Å². The second-order valence-corrected chi connectivity index (χ2v) is 8.01. The zero-order valence-electron chi connectivity index (χ0n) is 15.2. The van der Waals surface area contributed by atoms with Gasteiger partial charge in [-0.25, -0.2) is 0 Å². The fourth-order valence-electron chi connectivity index (χ4n) is 2.51. The smallest absolute Gasteiger partial charge is 0.308 e. The summed E-state index contributed by atoms with van der Waals surface area (Å²) in [5.41, 5.74) is 8.89. The van der Waals surface area contributed by atoms with Gasteiger partial charge in [0.15, 0.2) is 0 Å². The van der Waals surface area contributed by atoms with E-state index in [2.05, 4.69) is 53.7 Å². The highest BCUT2D eigenvalue weighted by Gasteiger charge is 2.28. The van der Waals surface area contributed by atoms with Gasteiger partial charge in [0.25, 0.3) is 0 Å². The lowest BCUT2D eigenvalue weighted by Gasteiger charge is -2.30. The van der Waals surface area contributed by atoms with Gasteiger partial charge in [0.05, 0.1) is 0 Å². The van der Waals surface area contributed by atoms with Gasteiger partial charge in [0, 0.05) is 18.1 Å². The van der Waals surface area contributed by atoms with E-state index in [9.17, 15) is 4.79 Å². The molecule has 2 N–H and O–H groups in total. The second-order valence-electron chi connectivity index (χ2n) is 8.01. The van der Waals surface area contributed by atoms with E-state index in [0.717, 1.165) is 29.7 Å². The lowest BCUT2D eigenvalue weighted by atomic mass is 9.78. The van der Waals surface area contributed by atoms with Gasteiger partial charge in [-0.1, -0.05) is 53.7 Å². The number of ether oxygens (including phenoxy) is 1. The molecule has 1 aromatic rings. The van der Waals surface area contributed by atoms with E-state index in [4.69, 9.17) is 10.5 Å². The Hall–Kier alpha value is -1.35. The van der Waals surface area contributed by atoms with E-state index in [-0.39, 0.29) is 16.8 Å². The van der Waals surface area contributed by atoms with Crippen LogP contribution in [-0.2, 0) is 22.0 Å². The third-order valence-electron chi connectivity index (χ3n) is 3.68. The summed E-state index contributed by atoms with van der Waals surface area (Å²) in [6.07, 6.45) is 1.91. The maximum atomic E-state index is 11.6. The van der Waals surface area contributed by atoms with Crippen molar-refractivity contribution in [3.8, 4) is 5.75 Å². The zero-order chi connectivity index (χ0) is 17.1. The van der Waals surface area contributed by atoms with Crippen molar-refractivity contribution in [1.29, 1.82) is 0 Å². The van der Waals surface area contributed by atoms with Crippen molar-refractivity contribution in [1.82, 2.24) is 0 Å². The molecular weight excluding hydrogens is 274 g/mol. The average Bonchev–Trinajstić information content (AvgIpc) is 2.33. The Balaban J connectivity index is 3.58. The molecule has 1 aromatic carbocycles. The minimum absolute atomic E-state index is 0.0937. The van der Waals surface area contributed by atoms with Gasteiger partial charge < -0.3 is 10.5 Å². The standard InChI is InChI=1S/C19H31NO2/c1-13(21)22-17-15(18(2,3)4)11-14(9-8-10-20)12-16(17)19(5,6)7/h11-12H,8-10,20H2,1-7H3. The first-order valence-corrected chi connectivity index (χ1v) is 8.03. The van der Waals surface area contributed by atoms with E-state index in [1.165, 1.54) is 12.5 Å². The first kappa shape index (κ1) is 18.7. The van der Waals surface area contributed by atoms with Gasteiger partial charge in [-0.15, -0.1) is 0 Å². The molecule has 0 unspecified atom stereocenters. The number of nitrogens with two attached hydrogens (primary N) is 1. The Kier molecular flexibility index (Phi) is 5.80. The molecule has 22 heavy (non-hydrogen) atoms. The van der Waals surface area contributed by atoms with Crippen molar-refractivity contribution in [2.75, 3.05) is 6.54 Å². The first-order chi connectivity index (χ1) is 9.96. The van der Waals surface area contributed by atoms with Gasteiger partial charge in [-0.2, -0.15) is 0 Å². The van der Waals surface area contributed by atoms with Crippen molar-refractivity contribution in [3.63, 3.8) is 0 Å². The molecule has 1 rings (SSSR count). The molecule has 0 aliphatic rings. The summed E-state index contributed by atoms with van der Waals surface area (Å²) in [4.78, 5) is 11.6. The van der Waals surface area contributed by atoms with Crippen LogP contribution >= 0.6 is 0 Å². The zero-order valence-corrected chi connectivity index (χ0v) is 15.2. The van der Waals surface area contributed by atoms with Crippen LogP contribution < -0.4 is 10.5 Å². The topological polar surface area (TPSA) is 52.3 Å².